The van der Waals surface area contributed by atoms with Gasteiger partial charge in [-0.2, -0.15) is 0 Å². The van der Waals surface area contributed by atoms with E-state index in [4.69, 9.17) is 16.3 Å². The number of ether oxygens (including phenoxy) is 1. The highest BCUT2D eigenvalue weighted by Crippen LogP contribution is 2.31. The van der Waals surface area contributed by atoms with Gasteiger partial charge in [0.15, 0.2) is 0 Å². The molecule has 1 N–H and O–H groups in total. The molecule has 1 aliphatic heterocycles. The van der Waals surface area contributed by atoms with Gasteiger partial charge in [0.25, 0.3) is 0 Å². The zero-order valence-electron chi connectivity index (χ0n) is 15.1. The van der Waals surface area contributed by atoms with Crippen LogP contribution in [0.5, 0.6) is 5.75 Å². The van der Waals surface area contributed by atoms with E-state index in [0.29, 0.717) is 18.9 Å². The summed E-state index contributed by atoms with van der Waals surface area (Å²) in [4.78, 5) is 14.5. The summed E-state index contributed by atoms with van der Waals surface area (Å²) in [5.41, 5.74) is 2.29. The van der Waals surface area contributed by atoms with Crippen molar-refractivity contribution in [2.24, 2.45) is 0 Å². The average molecular weight is 373 g/mol. The van der Waals surface area contributed by atoms with E-state index in [0.717, 1.165) is 42.4 Å². The van der Waals surface area contributed by atoms with Crippen LogP contribution in [0.15, 0.2) is 48.5 Å². The Bertz CT molecular complexity index is 733. The second-order valence-electron chi connectivity index (χ2n) is 6.68. The van der Waals surface area contributed by atoms with Crippen LogP contribution in [0, 0.1) is 0 Å². The third-order valence-electron chi connectivity index (χ3n) is 4.92. The summed E-state index contributed by atoms with van der Waals surface area (Å²) in [5, 5.41) is 3.83. The van der Waals surface area contributed by atoms with Crippen LogP contribution in [0.4, 0.5) is 0 Å². The van der Waals surface area contributed by atoms with E-state index in [1.807, 2.05) is 42.5 Å². The number of nitrogens with zero attached hydrogens (tertiary/aromatic N) is 1. The van der Waals surface area contributed by atoms with Gasteiger partial charge in [-0.1, -0.05) is 41.9 Å². The predicted molar refractivity (Wildman–Crippen MR) is 105 cm³/mol. The van der Waals surface area contributed by atoms with Gasteiger partial charge in [0.2, 0.25) is 5.91 Å². The number of benzene rings is 2. The van der Waals surface area contributed by atoms with Gasteiger partial charge in [-0.25, -0.2) is 0 Å². The van der Waals surface area contributed by atoms with Gasteiger partial charge in [-0.05, 0) is 48.2 Å². The van der Waals surface area contributed by atoms with Crippen molar-refractivity contribution in [1.82, 2.24) is 10.2 Å². The molecule has 0 spiro atoms. The lowest BCUT2D eigenvalue weighted by atomic mass is 9.98. The fourth-order valence-corrected chi connectivity index (χ4v) is 3.68. The quantitative estimate of drug-likeness (QED) is 0.802. The Balaban J connectivity index is 1.40. The maximum Gasteiger partial charge on any atom is 0.221 e. The Hall–Kier alpha value is -2.04. The monoisotopic (exact) mass is 372 g/mol. The van der Waals surface area contributed by atoms with Crippen molar-refractivity contribution in [3.05, 3.63) is 64.7 Å². The van der Waals surface area contributed by atoms with Crippen LogP contribution in [0.3, 0.4) is 0 Å². The number of methoxy groups -OCH3 is 1. The minimum Gasteiger partial charge on any atom is -0.497 e. The van der Waals surface area contributed by atoms with Crippen molar-refractivity contribution in [2.45, 2.75) is 25.3 Å². The Morgan fingerprint density at radius 3 is 2.73 bits per heavy atom. The lowest BCUT2D eigenvalue weighted by molar-refractivity contribution is -0.121. The second-order valence-corrected chi connectivity index (χ2v) is 7.09. The Morgan fingerprint density at radius 1 is 1.23 bits per heavy atom. The molecule has 3 rings (SSSR count). The number of amides is 1. The van der Waals surface area contributed by atoms with Crippen LogP contribution < -0.4 is 10.1 Å². The summed E-state index contributed by atoms with van der Waals surface area (Å²) >= 11 is 6.31. The van der Waals surface area contributed by atoms with Crippen molar-refractivity contribution in [2.75, 3.05) is 26.7 Å². The highest BCUT2D eigenvalue weighted by atomic mass is 35.5. The van der Waals surface area contributed by atoms with E-state index < -0.39 is 0 Å². The molecule has 1 heterocycles. The number of halogens is 1. The molecule has 1 fully saturated rings. The summed E-state index contributed by atoms with van der Waals surface area (Å²) in [6.07, 6.45) is 1.61. The van der Waals surface area contributed by atoms with Crippen molar-refractivity contribution in [1.29, 1.82) is 0 Å². The van der Waals surface area contributed by atoms with Crippen LogP contribution in [-0.2, 0) is 11.3 Å². The Labute approximate surface area is 160 Å². The highest BCUT2D eigenvalue weighted by Gasteiger charge is 2.25. The lowest BCUT2D eigenvalue weighted by Gasteiger charge is -2.16. The summed E-state index contributed by atoms with van der Waals surface area (Å²) in [6, 6.07) is 15.8. The summed E-state index contributed by atoms with van der Waals surface area (Å²) in [7, 11) is 1.64. The van der Waals surface area contributed by atoms with Crippen LogP contribution in [0.25, 0.3) is 0 Å². The van der Waals surface area contributed by atoms with Gasteiger partial charge >= 0.3 is 0 Å². The SMILES string of the molecule is COc1ccc(CNC(=O)CCN2CCC(c3ccccc3Cl)C2)cc1. The molecule has 0 radical (unpaired) electrons. The van der Waals surface area contributed by atoms with Gasteiger partial charge < -0.3 is 15.0 Å². The van der Waals surface area contributed by atoms with Crippen molar-refractivity contribution >= 4 is 17.5 Å². The number of carbonyl (C=O) groups excluding carboxylic acids is 1. The minimum atomic E-state index is 0.0852. The number of nitrogens with one attached hydrogen (secondary N) is 1. The van der Waals surface area contributed by atoms with Gasteiger partial charge in [0, 0.05) is 31.1 Å². The molecule has 0 aliphatic carbocycles. The fraction of sp³-hybridized carbons (Fsp3) is 0.381. The standard InChI is InChI=1S/C21H25ClN2O2/c1-26-18-8-6-16(7-9-18)14-23-21(25)11-13-24-12-10-17(15-24)19-4-2-3-5-20(19)22/h2-9,17H,10-15H2,1H3,(H,23,25). The molecule has 1 amide bonds. The molecule has 1 saturated heterocycles. The molecule has 1 unspecified atom stereocenters. The molecular weight excluding hydrogens is 348 g/mol. The largest absolute Gasteiger partial charge is 0.497 e. The third-order valence-corrected chi connectivity index (χ3v) is 5.27. The number of rotatable bonds is 7. The van der Waals surface area contributed by atoms with E-state index >= 15 is 0 Å². The van der Waals surface area contributed by atoms with Gasteiger partial charge in [0.1, 0.15) is 5.75 Å². The zero-order valence-corrected chi connectivity index (χ0v) is 15.8. The lowest BCUT2D eigenvalue weighted by Crippen LogP contribution is -2.29. The van der Waals surface area contributed by atoms with Gasteiger partial charge in [-0.15, -0.1) is 0 Å². The van der Waals surface area contributed by atoms with Crippen molar-refractivity contribution in [3.63, 3.8) is 0 Å². The first kappa shape index (κ1) is 18.7. The number of likely N-dealkylation sites (tertiary alicyclic amines) is 1. The minimum absolute atomic E-state index is 0.0852. The molecule has 2 aromatic rings. The van der Waals surface area contributed by atoms with Crippen LogP contribution in [-0.4, -0.2) is 37.6 Å². The number of hydrogen-bond donors (Lipinski definition) is 1. The molecule has 4 nitrogen and oxygen atoms in total. The van der Waals surface area contributed by atoms with E-state index in [1.54, 1.807) is 7.11 Å². The Kier molecular flexibility index (Phi) is 6.53. The fourth-order valence-electron chi connectivity index (χ4n) is 3.39. The summed E-state index contributed by atoms with van der Waals surface area (Å²) in [6.45, 7) is 3.32. The van der Waals surface area contributed by atoms with Crippen molar-refractivity contribution < 1.29 is 9.53 Å². The first-order valence-corrected chi connectivity index (χ1v) is 9.40. The summed E-state index contributed by atoms with van der Waals surface area (Å²) in [5.74, 6) is 1.37. The molecule has 0 bridgehead atoms. The Morgan fingerprint density at radius 2 is 2.00 bits per heavy atom. The molecule has 26 heavy (non-hydrogen) atoms. The zero-order chi connectivity index (χ0) is 18.4. The molecule has 2 aromatic carbocycles. The van der Waals surface area contributed by atoms with Crippen LogP contribution in [0.1, 0.15) is 29.9 Å². The maximum absolute atomic E-state index is 12.1. The smallest absolute Gasteiger partial charge is 0.221 e. The third kappa shape index (κ3) is 4.99. The number of hydrogen-bond acceptors (Lipinski definition) is 3. The topological polar surface area (TPSA) is 41.6 Å². The normalized spacial score (nSPS) is 17.2. The maximum atomic E-state index is 12.1. The van der Waals surface area contributed by atoms with Gasteiger partial charge in [-0.3, -0.25) is 4.79 Å². The van der Waals surface area contributed by atoms with Crippen LogP contribution in [0.2, 0.25) is 5.02 Å². The van der Waals surface area contributed by atoms with E-state index in [9.17, 15) is 4.79 Å². The highest BCUT2D eigenvalue weighted by molar-refractivity contribution is 6.31. The van der Waals surface area contributed by atoms with E-state index in [1.165, 1.54) is 5.56 Å². The molecule has 0 saturated carbocycles. The van der Waals surface area contributed by atoms with Crippen molar-refractivity contribution in [3.8, 4) is 5.75 Å². The van der Waals surface area contributed by atoms with E-state index in [-0.39, 0.29) is 5.91 Å². The molecule has 1 aliphatic rings. The van der Waals surface area contributed by atoms with Gasteiger partial charge in [0.05, 0.1) is 7.11 Å². The number of carbonyl (C=O) groups is 1. The molecule has 0 aromatic heterocycles. The first-order chi connectivity index (χ1) is 12.7. The predicted octanol–water partition coefficient (Wildman–Crippen LogP) is 3.84. The van der Waals surface area contributed by atoms with Crippen LogP contribution >= 0.6 is 11.6 Å². The van der Waals surface area contributed by atoms with E-state index in [2.05, 4.69) is 16.3 Å². The molecule has 138 valence electrons. The molecular formula is C21H25ClN2O2. The average Bonchev–Trinajstić information content (AvgIpc) is 3.14. The first-order valence-electron chi connectivity index (χ1n) is 9.02. The molecule has 5 heteroatoms. The second kappa shape index (κ2) is 9.06. The summed E-state index contributed by atoms with van der Waals surface area (Å²) < 4.78 is 5.14. The molecule has 1 atom stereocenters.